The standard InChI is InChI=1S/C26H34F3N5O3/c1-16-12-21(37-26(27,28)29)5-2-17(16)4-7-24(35)33-10-8-19-14-34(15-20(19)9-11-33)25(36)18-3-6-22-23(13-18)31-32-30-22/h2,4-5,7,12,18-20,22-23,30-32H,3,6,8-11,13-15H2,1H3/b7-4+/t18?,19-,20+,22?,23?. The van der Waals surface area contributed by atoms with E-state index in [9.17, 15) is 22.8 Å². The van der Waals surface area contributed by atoms with E-state index < -0.39 is 6.36 Å². The highest BCUT2D eigenvalue weighted by atomic mass is 19.4. The number of aryl methyl sites for hydroxylation is 1. The maximum atomic E-state index is 13.2. The Bertz CT molecular complexity index is 1030. The topological polar surface area (TPSA) is 85.9 Å². The number of hydrazine groups is 2. The molecule has 0 radical (unpaired) electrons. The summed E-state index contributed by atoms with van der Waals surface area (Å²) in [6, 6.07) is 4.74. The van der Waals surface area contributed by atoms with Gasteiger partial charge in [-0.05, 0) is 80.2 Å². The molecule has 3 unspecified atom stereocenters. The van der Waals surface area contributed by atoms with Gasteiger partial charge in [-0.15, -0.1) is 13.2 Å². The third-order valence-corrected chi connectivity index (χ3v) is 8.33. The quantitative estimate of drug-likeness (QED) is 0.529. The van der Waals surface area contributed by atoms with Crippen molar-refractivity contribution >= 4 is 17.9 Å². The zero-order chi connectivity index (χ0) is 26.2. The summed E-state index contributed by atoms with van der Waals surface area (Å²) >= 11 is 0. The second-order valence-corrected chi connectivity index (χ2v) is 10.7. The van der Waals surface area contributed by atoms with Crippen molar-refractivity contribution in [2.75, 3.05) is 26.2 Å². The number of carbonyl (C=O) groups excluding carboxylic acids is 2. The zero-order valence-corrected chi connectivity index (χ0v) is 20.9. The number of hydrogen-bond donors (Lipinski definition) is 3. The van der Waals surface area contributed by atoms with E-state index in [4.69, 9.17) is 0 Å². The van der Waals surface area contributed by atoms with Gasteiger partial charge in [0.05, 0.1) is 0 Å². The summed E-state index contributed by atoms with van der Waals surface area (Å²) in [5, 5.41) is 0. The molecule has 11 heteroatoms. The Hall–Kier alpha value is -2.63. The number of fused-ring (bicyclic) bond motifs is 2. The average molecular weight is 522 g/mol. The van der Waals surface area contributed by atoms with Crippen LogP contribution in [-0.2, 0) is 9.59 Å². The van der Waals surface area contributed by atoms with Crippen LogP contribution in [0.25, 0.3) is 6.08 Å². The van der Waals surface area contributed by atoms with Crippen LogP contribution < -0.4 is 21.1 Å². The van der Waals surface area contributed by atoms with Crippen LogP contribution >= 0.6 is 0 Å². The van der Waals surface area contributed by atoms with Crippen LogP contribution in [0.4, 0.5) is 13.2 Å². The molecule has 5 rings (SSSR count). The largest absolute Gasteiger partial charge is 0.573 e. The van der Waals surface area contributed by atoms with Gasteiger partial charge in [0.25, 0.3) is 0 Å². The smallest absolute Gasteiger partial charge is 0.406 e. The number of ether oxygens (including phenoxy) is 1. The number of nitrogens with zero attached hydrogens (tertiary/aromatic N) is 2. The molecule has 3 aliphatic heterocycles. The van der Waals surface area contributed by atoms with Gasteiger partial charge in [0.15, 0.2) is 0 Å². The molecule has 3 saturated heterocycles. The van der Waals surface area contributed by atoms with Crippen molar-refractivity contribution in [3.8, 4) is 5.75 Å². The van der Waals surface area contributed by atoms with Crippen molar-refractivity contribution in [1.82, 2.24) is 26.2 Å². The summed E-state index contributed by atoms with van der Waals surface area (Å²) in [6.45, 7) is 4.48. The second kappa shape index (κ2) is 10.6. The van der Waals surface area contributed by atoms with Crippen LogP contribution in [-0.4, -0.2) is 66.2 Å². The minimum atomic E-state index is -4.74. The fourth-order valence-corrected chi connectivity index (χ4v) is 6.26. The molecular weight excluding hydrogens is 487 g/mol. The van der Waals surface area contributed by atoms with Crippen LogP contribution in [0.5, 0.6) is 5.75 Å². The maximum absolute atomic E-state index is 13.2. The average Bonchev–Trinajstić information content (AvgIpc) is 3.44. The highest BCUT2D eigenvalue weighted by Crippen LogP contribution is 2.35. The molecule has 0 spiro atoms. The molecule has 37 heavy (non-hydrogen) atoms. The second-order valence-electron chi connectivity index (χ2n) is 10.7. The number of alkyl halides is 3. The number of carbonyl (C=O) groups is 2. The van der Waals surface area contributed by atoms with E-state index in [0.29, 0.717) is 48.1 Å². The van der Waals surface area contributed by atoms with Gasteiger partial charge in [0, 0.05) is 50.3 Å². The van der Waals surface area contributed by atoms with E-state index >= 15 is 0 Å². The van der Waals surface area contributed by atoms with Crippen molar-refractivity contribution < 1.29 is 27.5 Å². The SMILES string of the molecule is Cc1cc(OC(F)(F)F)ccc1/C=C/C(=O)N1CC[C@@H]2CN(C(=O)C3CCC4NNNC4C3)C[C@@H]2CC1. The van der Waals surface area contributed by atoms with Crippen LogP contribution in [0.1, 0.15) is 43.2 Å². The number of halogens is 3. The zero-order valence-electron chi connectivity index (χ0n) is 20.9. The molecule has 1 aliphatic carbocycles. The van der Waals surface area contributed by atoms with Crippen molar-refractivity contribution in [3.05, 3.63) is 35.4 Å². The van der Waals surface area contributed by atoms with Crippen LogP contribution in [0.3, 0.4) is 0 Å². The molecule has 1 aromatic rings. The van der Waals surface area contributed by atoms with Crippen molar-refractivity contribution in [2.24, 2.45) is 17.8 Å². The summed E-state index contributed by atoms with van der Waals surface area (Å²) in [5.41, 5.74) is 10.7. The molecule has 4 fully saturated rings. The first-order valence-corrected chi connectivity index (χ1v) is 13.0. The van der Waals surface area contributed by atoms with E-state index in [1.165, 1.54) is 24.3 Å². The molecule has 8 nitrogen and oxygen atoms in total. The first-order chi connectivity index (χ1) is 17.7. The molecular formula is C26H34F3N5O3. The highest BCUT2D eigenvalue weighted by molar-refractivity contribution is 5.92. The fraction of sp³-hybridized carbons (Fsp3) is 0.615. The van der Waals surface area contributed by atoms with E-state index in [0.717, 1.165) is 45.2 Å². The number of likely N-dealkylation sites (tertiary alicyclic amines) is 2. The van der Waals surface area contributed by atoms with E-state index in [1.54, 1.807) is 13.0 Å². The Morgan fingerprint density at radius 3 is 2.38 bits per heavy atom. The Morgan fingerprint density at radius 1 is 1.00 bits per heavy atom. The minimum Gasteiger partial charge on any atom is -0.406 e. The summed E-state index contributed by atoms with van der Waals surface area (Å²) in [4.78, 5) is 30.0. The minimum absolute atomic E-state index is 0.0681. The van der Waals surface area contributed by atoms with Gasteiger partial charge in [-0.3, -0.25) is 9.59 Å². The molecule has 3 N–H and O–H groups in total. The monoisotopic (exact) mass is 521 g/mol. The van der Waals surface area contributed by atoms with Gasteiger partial charge < -0.3 is 14.5 Å². The molecule has 2 amide bonds. The van der Waals surface area contributed by atoms with Gasteiger partial charge in [-0.1, -0.05) is 6.07 Å². The van der Waals surface area contributed by atoms with Crippen molar-refractivity contribution in [3.63, 3.8) is 0 Å². The lowest BCUT2D eigenvalue weighted by atomic mass is 9.82. The molecule has 0 aromatic heterocycles. The Kier molecular flexibility index (Phi) is 7.46. The molecule has 1 saturated carbocycles. The first kappa shape index (κ1) is 26.0. The maximum Gasteiger partial charge on any atom is 0.573 e. The summed E-state index contributed by atoms with van der Waals surface area (Å²) in [5.74, 6) is 0.761. The summed E-state index contributed by atoms with van der Waals surface area (Å²) in [6.07, 6.45) is 2.85. The predicted molar refractivity (Wildman–Crippen MR) is 131 cm³/mol. The Labute approximate surface area is 214 Å². The van der Waals surface area contributed by atoms with E-state index in [2.05, 4.69) is 26.0 Å². The summed E-state index contributed by atoms with van der Waals surface area (Å²) < 4.78 is 41.2. The van der Waals surface area contributed by atoms with Crippen molar-refractivity contribution in [1.29, 1.82) is 0 Å². The molecule has 3 heterocycles. The molecule has 0 bridgehead atoms. The van der Waals surface area contributed by atoms with Gasteiger partial charge in [-0.2, -0.15) is 5.53 Å². The van der Waals surface area contributed by atoms with Gasteiger partial charge in [0.2, 0.25) is 11.8 Å². The lowest BCUT2D eigenvalue weighted by Crippen LogP contribution is -2.45. The summed E-state index contributed by atoms with van der Waals surface area (Å²) in [7, 11) is 0. The normalized spacial score (nSPS) is 30.2. The van der Waals surface area contributed by atoms with Gasteiger partial charge >= 0.3 is 6.36 Å². The van der Waals surface area contributed by atoms with E-state index in [1.807, 2.05) is 4.90 Å². The Balaban J connectivity index is 1.12. The lowest BCUT2D eigenvalue weighted by molar-refractivity contribution is -0.274. The van der Waals surface area contributed by atoms with Gasteiger partial charge in [-0.25, -0.2) is 10.9 Å². The number of rotatable bonds is 4. The lowest BCUT2D eigenvalue weighted by Gasteiger charge is -2.32. The third kappa shape index (κ3) is 6.10. The molecule has 5 atom stereocenters. The van der Waals surface area contributed by atoms with Gasteiger partial charge in [0.1, 0.15) is 5.75 Å². The Morgan fingerprint density at radius 2 is 1.70 bits per heavy atom. The molecule has 1 aromatic carbocycles. The van der Waals surface area contributed by atoms with Crippen molar-refractivity contribution in [2.45, 2.75) is 57.5 Å². The van der Waals surface area contributed by atoms with Crippen LogP contribution in [0.15, 0.2) is 24.3 Å². The van der Waals surface area contributed by atoms with Crippen LogP contribution in [0.2, 0.25) is 0 Å². The fourth-order valence-electron chi connectivity index (χ4n) is 6.26. The highest BCUT2D eigenvalue weighted by Gasteiger charge is 2.42. The third-order valence-electron chi connectivity index (χ3n) is 8.33. The number of hydrogen-bond acceptors (Lipinski definition) is 6. The number of nitrogens with one attached hydrogen (secondary N) is 3. The molecule has 202 valence electrons. The number of benzene rings is 1. The first-order valence-electron chi connectivity index (χ1n) is 13.0. The van der Waals surface area contributed by atoms with E-state index in [-0.39, 0.29) is 23.5 Å². The molecule has 4 aliphatic rings. The van der Waals surface area contributed by atoms with Crippen LogP contribution in [0, 0.1) is 24.7 Å². The number of amides is 2. The predicted octanol–water partition coefficient (Wildman–Crippen LogP) is 2.75.